The lowest BCUT2D eigenvalue weighted by Gasteiger charge is -2.13. The Balaban J connectivity index is 1.57. The van der Waals surface area contributed by atoms with Crippen LogP contribution in [0.4, 0.5) is 25.1 Å². The molecule has 11 heteroatoms. The number of carbonyl (C=O) groups is 1. The molecule has 0 bridgehead atoms. The minimum absolute atomic E-state index is 0.0134. The zero-order chi connectivity index (χ0) is 20.4. The van der Waals surface area contributed by atoms with E-state index in [1.165, 1.54) is 23.4 Å². The van der Waals surface area contributed by atoms with Crippen LogP contribution in [-0.4, -0.2) is 39.0 Å². The Kier molecular flexibility index (Phi) is 5.26. The monoisotopic (exact) mass is 421 g/mol. The third-order valence-electron chi connectivity index (χ3n) is 4.31. The van der Waals surface area contributed by atoms with Crippen LogP contribution in [0.15, 0.2) is 30.6 Å². The molecule has 1 N–H and O–H groups in total. The minimum Gasteiger partial charge on any atom is -0.336 e. The zero-order valence-electron chi connectivity index (χ0n) is 14.9. The van der Waals surface area contributed by atoms with E-state index in [4.69, 9.17) is 21.4 Å². The number of benzene rings is 1. The van der Waals surface area contributed by atoms with Crippen molar-refractivity contribution in [1.29, 1.82) is 0 Å². The number of halogens is 3. The number of carbonyl (C=O) groups excluding carboxylic acids is 1. The summed E-state index contributed by atoms with van der Waals surface area (Å²) in [6.07, 6.45) is 2.48. The molecule has 0 radical (unpaired) electrons. The van der Waals surface area contributed by atoms with E-state index in [1.807, 2.05) is 0 Å². The summed E-state index contributed by atoms with van der Waals surface area (Å²) in [5, 5.41) is 2.07. The molecule has 1 amide bonds. The first-order chi connectivity index (χ1) is 14.0. The van der Waals surface area contributed by atoms with Gasteiger partial charge >= 0.3 is 6.09 Å². The summed E-state index contributed by atoms with van der Waals surface area (Å²) in [7, 11) is 0. The Morgan fingerprint density at radius 2 is 1.93 bits per heavy atom. The van der Waals surface area contributed by atoms with E-state index in [9.17, 15) is 13.6 Å². The van der Waals surface area contributed by atoms with Gasteiger partial charge in [-0.3, -0.25) is 4.89 Å². The van der Waals surface area contributed by atoms with Gasteiger partial charge in [0, 0.05) is 19.2 Å². The van der Waals surface area contributed by atoms with Crippen molar-refractivity contribution in [3.63, 3.8) is 0 Å². The second-order valence-electron chi connectivity index (χ2n) is 6.21. The number of aromatic nitrogens is 3. The molecule has 0 aliphatic carbocycles. The van der Waals surface area contributed by atoms with Crippen LogP contribution in [0.2, 0.25) is 5.02 Å². The van der Waals surface area contributed by atoms with Gasteiger partial charge in [-0.2, -0.15) is 0 Å². The molecule has 4 rings (SSSR count). The number of hydrogen-bond acceptors (Lipinski definition) is 7. The standard InChI is InChI=1S/C18H14ClF2N5O3/c19-14-10(20)3-4-11(15(14)21)24-17-16-12(22-9-23-17)5-6-13(25-16)28-29-18(27)26-7-1-2-8-26/h3-6,9H,1-2,7-8H2,(H,22,23,24). The van der Waals surface area contributed by atoms with Gasteiger partial charge < -0.3 is 10.2 Å². The van der Waals surface area contributed by atoms with Gasteiger partial charge in [0.05, 0.1) is 11.2 Å². The highest BCUT2D eigenvalue weighted by molar-refractivity contribution is 6.31. The van der Waals surface area contributed by atoms with Crippen molar-refractivity contribution < 1.29 is 23.4 Å². The maximum atomic E-state index is 14.2. The van der Waals surface area contributed by atoms with Gasteiger partial charge in [0.15, 0.2) is 11.6 Å². The van der Waals surface area contributed by atoms with Crippen molar-refractivity contribution in [2.24, 2.45) is 0 Å². The molecule has 3 aromatic rings. The fourth-order valence-corrected chi connectivity index (χ4v) is 3.01. The molecule has 0 unspecified atom stereocenters. The number of hydrogen-bond donors (Lipinski definition) is 1. The number of pyridine rings is 1. The third-order valence-corrected chi connectivity index (χ3v) is 4.65. The van der Waals surface area contributed by atoms with Gasteiger partial charge in [-0.25, -0.2) is 33.4 Å². The average Bonchev–Trinajstić information content (AvgIpc) is 3.27. The number of nitrogens with one attached hydrogen (secondary N) is 1. The van der Waals surface area contributed by atoms with Crippen LogP contribution >= 0.6 is 11.6 Å². The summed E-state index contributed by atoms with van der Waals surface area (Å²) < 4.78 is 27.6. The fourth-order valence-electron chi connectivity index (χ4n) is 2.84. The number of amides is 1. The quantitative estimate of drug-likeness (QED) is 0.383. The van der Waals surface area contributed by atoms with Crippen molar-refractivity contribution in [2.45, 2.75) is 12.8 Å². The lowest BCUT2D eigenvalue weighted by Crippen LogP contribution is -2.29. The lowest BCUT2D eigenvalue weighted by molar-refractivity contribution is -0.155. The van der Waals surface area contributed by atoms with E-state index >= 15 is 0 Å². The van der Waals surface area contributed by atoms with Crippen LogP contribution in [0, 0.1) is 11.6 Å². The second kappa shape index (κ2) is 8.00. The smallest absolute Gasteiger partial charge is 0.336 e. The average molecular weight is 422 g/mol. The van der Waals surface area contributed by atoms with Crippen molar-refractivity contribution >= 4 is 40.2 Å². The predicted molar refractivity (Wildman–Crippen MR) is 99.9 cm³/mol. The molecule has 3 heterocycles. The second-order valence-corrected chi connectivity index (χ2v) is 6.59. The highest BCUT2D eigenvalue weighted by Gasteiger charge is 2.21. The molecule has 0 atom stereocenters. The Bertz CT molecular complexity index is 1080. The molecule has 1 aliphatic heterocycles. The van der Waals surface area contributed by atoms with Crippen molar-refractivity contribution in [3.05, 3.63) is 47.2 Å². The van der Waals surface area contributed by atoms with Crippen molar-refractivity contribution in [1.82, 2.24) is 19.9 Å². The molecule has 29 heavy (non-hydrogen) atoms. The number of nitrogens with zero attached hydrogens (tertiary/aromatic N) is 4. The van der Waals surface area contributed by atoms with Gasteiger partial charge in [-0.1, -0.05) is 11.6 Å². The Morgan fingerprint density at radius 1 is 1.14 bits per heavy atom. The molecule has 0 saturated carbocycles. The topological polar surface area (TPSA) is 89.5 Å². The highest BCUT2D eigenvalue weighted by atomic mass is 35.5. The van der Waals surface area contributed by atoms with Crippen molar-refractivity contribution in [2.75, 3.05) is 18.4 Å². The number of anilines is 2. The van der Waals surface area contributed by atoms with Crippen LogP contribution in [0.1, 0.15) is 12.8 Å². The number of fused-ring (bicyclic) bond motifs is 1. The summed E-state index contributed by atoms with van der Waals surface area (Å²) in [5.74, 6) is -1.73. The largest absolute Gasteiger partial charge is 0.452 e. The molecule has 1 aliphatic rings. The van der Waals surface area contributed by atoms with E-state index in [2.05, 4.69) is 20.3 Å². The van der Waals surface area contributed by atoms with Crippen LogP contribution in [0.25, 0.3) is 11.0 Å². The highest BCUT2D eigenvalue weighted by Crippen LogP contribution is 2.29. The Labute approximate surface area is 168 Å². The molecular weight excluding hydrogens is 408 g/mol. The fraction of sp³-hybridized carbons (Fsp3) is 0.222. The summed E-state index contributed by atoms with van der Waals surface area (Å²) in [5.41, 5.74) is 0.557. The first-order valence-electron chi connectivity index (χ1n) is 8.68. The minimum atomic E-state index is -0.967. The third kappa shape index (κ3) is 3.97. The summed E-state index contributed by atoms with van der Waals surface area (Å²) >= 11 is 5.61. The molecule has 2 aromatic heterocycles. The molecule has 1 aromatic carbocycles. The van der Waals surface area contributed by atoms with Gasteiger partial charge in [0.2, 0.25) is 0 Å². The molecule has 8 nitrogen and oxygen atoms in total. The Morgan fingerprint density at radius 3 is 2.72 bits per heavy atom. The molecule has 1 fully saturated rings. The molecular formula is C18H14ClF2N5O3. The van der Waals surface area contributed by atoms with Crippen LogP contribution < -0.4 is 10.2 Å². The molecule has 150 valence electrons. The van der Waals surface area contributed by atoms with E-state index in [0.29, 0.717) is 18.6 Å². The van der Waals surface area contributed by atoms with E-state index in [-0.39, 0.29) is 22.9 Å². The predicted octanol–water partition coefficient (Wildman–Crippen LogP) is 4.23. The normalized spacial score (nSPS) is 13.6. The zero-order valence-corrected chi connectivity index (χ0v) is 15.6. The molecule has 1 saturated heterocycles. The maximum absolute atomic E-state index is 14.2. The maximum Gasteiger partial charge on any atom is 0.452 e. The van der Waals surface area contributed by atoms with Crippen LogP contribution in [0.3, 0.4) is 0 Å². The number of rotatable bonds is 4. The first kappa shape index (κ1) is 19.1. The number of likely N-dealkylation sites (tertiary alicyclic amines) is 1. The van der Waals surface area contributed by atoms with E-state index < -0.39 is 22.8 Å². The SMILES string of the molecule is O=C(OOc1ccc2ncnc(Nc3ccc(F)c(Cl)c3F)c2n1)N1CCCC1. The van der Waals surface area contributed by atoms with Crippen LogP contribution in [-0.2, 0) is 4.89 Å². The van der Waals surface area contributed by atoms with Crippen LogP contribution in [0.5, 0.6) is 5.88 Å². The summed E-state index contributed by atoms with van der Waals surface area (Å²) in [6.45, 7) is 1.22. The van der Waals surface area contributed by atoms with Gasteiger partial charge in [-0.15, -0.1) is 0 Å². The van der Waals surface area contributed by atoms with Gasteiger partial charge in [0.25, 0.3) is 5.88 Å². The molecule has 0 spiro atoms. The van der Waals surface area contributed by atoms with E-state index in [0.717, 1.165) is 18.9 Å². The lowest BCUT2D eigenvalue weighted by atomic mass is 10.2. The van der Waals surface area contributed by atoms with Gasteiger partial charge in [0.1, 0.15) is 22.7 Å². The van der Waals surface area contributed by atoms with E-state index in [1.54, 1.807) is 6.07 Å². The first-order valence-corrected chi connectivity index (χ1v) is 9.06. The van der Waals surface area contributed by atoms with Crippen molar-refractivity contribution in [3.8, 4) is 5.88 Å². The Hall–Kier alpha value is -3.27. The van der Waals surface area contributed by atoms with Gasteiger partial charge in [-0.05, 0) is 31.0 Å². The summed E-state index contributed by atoms with van der Waals surface area (Å²) in [6, 6.07) is 5.24. The summed E-state index contributed by atoms with van der Waals surface area (Å²) in [4.78, 5) is 35.6.